The average molecular weight is 488 g/mol. The molecule has 5 rings (SSSR count). The minimum atomic E-state index is -0.684. The maximum absolute atomic E-state index is 13.8. The summed E-state index contributed by atoms with van der Waals surface area (Å²) in [5.41, 5.74) is 2.42. The van der Waals surface area contributed by atoms with Crippen molar-refractivity contribution in [2.75, 3.05) is 13.7 Å². The summed E-state index contributed by atoms with van der Waals surface area (Å²) in [6.07, 6.45) is 3.79. The fourth-order valence-electron chi connectivity index (χ4n) is 4.56. The Balaban J connectivity index is 1.83. The number of hydrogen-bond acceptors (Lipinski definition) is 6. The standard InChI is InChI=1S/C27H25N3O4S/c1-5-34-26(32)23-16(2)28-27-30(25(31)22(35-27)15-17-9-8-14-29(17)3)24(23)20-12-13-21(33-4)19-11-7-6-10-18(19)20/h6-15,24H,5H2,1-4H3/b22-15+. The van der Waals surface area contributed by atoms with E-state index in [0.717, 1.165) is 27.8 Å². The number of carbonyl (C=O) groups is 1. The molecule has 0 spiro atoms. The smallest absolute Gasteiger partial charge is 0.338 e. The second-order valence-electron chi connectivity index (χ2n) is 8.25. The Kier molecular flexibility index (Phi) is 5.90. The molecule has 2 aromatic heterocycles. The number of esters is 1. The summed E-state index contributed by atoms with van der Waals surface area (Å²) in [5.74, 6) is 0.245. The van der Waals surface area contributed by atoms with Crippen molar-refractivity contribution in [2.24, 2.45) is 12.0 Å². The zero-order valence-electron chi connectivity index (χ0n) is 19.9. The van der Waals surface area contributed by atoms with E-state index in [1.54, 1.807) is 25.5 Å². The Bertz CT molecular complexity index is 1670. The summed E-state index contributed by atoms with van der Waals surface area (Å²) in [7, 11) is 3.56. The highest BCUT2D eigenvalue weighted by Gasteiger charge is 2.34. The molecule has 0 radical (unpaired) electrons. The number of aryl methyl sites for hydroxylation is 1. The number of thiazole rings is 1. The van der Waals surface area contributed by atoms with Crippen LogP contribution >= 0.6 is 11.3 Å². The van der Waals surface area contributed by atoms with E-state index in [-0.39, 0.29) is 12.2 Å². The first-order valence-electron chi connectivity index (χ1n) is 11.3. The molecule has 35 heavy (non-hydrogen) atoms. The fourth-order valence-corrected chi connectivity index (χ4v) is 5.59. The number of hydrogen-bond donors (Lipinski definition) is 0. The summed E-state index contributed by atoms with van der Waals surface area (Å²) in [4.78, 5) is 32.2. The van der Waals surface area contributed by atoms with E-state index in [1.807, 2.05) is 72.4 Å². The number of fused-ring (bicyclic) bond motifs is 2. The van der Waals surface area contributed by atoms with Crippen molar-refractivity contribution >= 4 is 34.2 Å². The first-order valence-corrected chi connectivity index (χ1v) is 12.1. The van der Waals surface area contributed by atoms with Crippen molar-refractivity contribution in [3.8, 4) is 5.75 Å². The van der Waals surface area contributed by atoms with Gasteiger partial charge in [-0.25, -0.2) is 9.79 Å². The largest absolute Gasteiger partial charge is 0.496 e. The Morgan fingerprint density at radius 2 is 1.91 bits per heavy atom. The van der Waals surface area contributed by atoms with Crippen LogP contribution in [-0.2, 0) is 16.6 Å². The van der Waals surface area contributed by atoms with E-state index in [2.05, 4.69) is 4.99 Å². The van der Waals surface area contributed by atoms with Gasteiger partial charge in [-0.05, 0) is 49.1 Å². The van der Waals surface area contributed by atoms with E-state index in [9.17, 15) is 9.59 Å². The molecule has 1 aliphatic heterocycles. The fraction of sp³-hybridized carbons (Fsp3) is 0.222. The van der Waals surface area contributed by atoms with Crippen molar-refractivity contribution in [1.82, 2.24) is 9.13 Å². The van der Waals surface area contributed by atoms with Gasteiger partial charge in [-0.1, -0.05) is 41.7 Å². The van der Waals surface area contributed by atoms with Crippen LogP contribution in [0, 0.1) is 0 Å². The number of ether oxygens (including phenoxy) is 2. The summed E-state index contributed by atoms with van der Waals surface area (Å²) in [6, 6.07) is 14.8. The molecule has 0 N–H and O–H groups in total. The Morgan fingerprint density at radius 3 is 2.60 bits per heavy atom. The van der Waals surface area contributed by atoms with Crippen LogP contribution in [0.4, 0.5) is 0 Å². The Hall–Kier alpha value is -3.91. The first kappa shape index (κ1) is 22.9. The van der Waals surface area contributed by atoms with Crippen molar-refractivity contribution in [1.29, 1.82) is 0 Å². The third kappa shape index (κ3) is 3.80. The molecule has 2 aromatic carbocycles. The molecule has 7 nitrogen and oxygen atoms in total. The maximum Gasteiger partial charge on any atom is 0.338 e. The van der Waals surface area contributed by atoms with Gasteiger partial charge < -0.3 is 14.0 Å². The van der Waals surface area contributed by atoms with Crippen molar-refractivity contribution in [3.63, 3.8) is 0 Å². The van der Waals surface area contributed by atoms with Crippen LogP contribution in [0.5, 0.6) is 5.75 Å². The van der Waals surface area contributed by atoms with Crippen molar-refractivity contribution < 1.29 is 14.3 Å². The van der Waals surface area contributed by atoms with Crippen LogP contribution in [0.2, 0.25) is 0 Å². The van der Waals surface area contributed by atoms with Gasteiger partial charge >= 0.3 is 5.97 Å². The summed E-state index contributed by atoms with van der Waals surface area (Å²) >= 11 is 1.32. The molecule has 1 unspecified atom stereocenters. The van der Waals surface area contributed by atoms with Crippen LogP contribution in [-0.4, -0.2) is 28.8 Å². The number of aromatic nitrogens is 2. The second-order valence-corrected chi connectivity index (χ2v) is 9.26. The van der Waals surface area contributed by atoms with Crippen LogP contribution in [0.15, 0.2) is 75.8 Å². The molecular formula is C27H25N3O4S. The van der Waals surface area contributed by atoms with Crippen molar-refractivity contribution in [3.05, 3.63) is 96.9 Å². The van der Waals surface area contributed by atoms with E-state index in [4.69, 9.17) is 9.47 Å². The Labute approximate surface area is 205 Å². The Morgan fingerprint density at radius 1 is 1.14 bits per heavy atom. The minimum Gasteiger partial charge on any atom is -0.496 e. The van der Waals surface area contributed by atoms with Gasteiger partial charge in [-0.2, -0.15) is 0 Å². The summed E-state index contributed by atoms with van der Waals surface area (Å²) in [6.45, 7) is 3.78. The van der Waals surface area contributed by atoms with E-state index >= 15 is 0 Å². The maximum atomic E-state index is 13.8. The third-order valence-electron chi connectivity index (χ3n) is 6.21. The average Bonchev–Trinajstić information content (AvgIpc) is 3.39. The van der Waals surface area contributed by atoms with Gasteiger partial charge in [0.25, 0.3) is 5.56 Å². The quantitative estimate of drug-likeness (QED) is 0.405. The topological polar surface area (TPSA) is 74.8 Å². The predicted molar refractivity (Wildman–Crippen MR) is 136 cm³/mol. The van der Waals surface area contributed by atoms with Gasteiger partial charge in [0.2, 0.25) is 0 Å². The SMILES string of the molecule is CCOC(=O)C1=C(C)N=c2s/c(=C/c3cccn3C)c(=O)n2C1c1ccc(OC)c2ccccc12. The first-order chi connectivity index (χ1) is 16.9. The number of allylic oxidation sites excluding steroid dienone is 1. The molecule has 3 heterocycles. The van der Waals surface area contributed by atoms with E-state index < -0.39 is 12.0 Å². The molecule has 0 saturated heterocycles. The second kappa shape index (κ2) is 9.03. The molecule has 0 saturated carbocycles. The number of rotatable bonds is 5. The molecule has 1 aliphatic rings. The highest BCUT2D eigenvalue weighted by atomic mass is 32.1. The minimum absolute atomic E-state index is 0.200. The molecular weight excluding hydrogens is 462 g/mol. The van der Waals surface area contributed by atoms with Crippen LogP contribution < -0.4 is 19.6 Å². The molecule has 1 atom stereocenters. The van der Waals surface area contributed by atoms with Gasteiger partial charge in [0.1, 0.15) is 5.75 Å². The van der Waals surface area contributed by atoms with Crippen molar-refractivity contribution in [2.45, 2.75) is 19.9 Å². The zero-order chi connectivity index (χ0) is 24.7. The van der Waals surface area contributed by atoms with Gasteiger partial charge in [-0.15, -0.1) is 0 Å². The van der Waals surface area contributed by atoms with Gasteiger partial charge in [0, 0.05) is 24.3 Å². The molecule has 4 aromatic rings. The number of methoxy groups -OCH3 is 1. The molecule has 178 valence electrons. The molecule has 0 amide bonds. The molecule has 8 heteroatoms. The summed E-state index contributed by atoms with van der Waals surface area (Å²) in [5, 5.41) is 1.79. The lowest BCUT2D eigenvalue weighted by molar-refractivity contribution is -0.139. The lowest BCUT2D eigenvalue weighted by Gasteiger charge is -2.26. The number of nitrogens with zero attached hydrogens (tertiary/aromatic N) is 3. The van der Waals surface area contributed by atoms with Crippen LogP contribution in [0.3, 0.4) is 0 Å². The monoisotopic (exact) mass is 487 g/mol. The molecule has 0 aliphatic carbocycles. The van der Waals surface area contributed by atoms with Crippen LogP contribution in [0.1, 0.15) is 31.1 Å². The van der Waals surface area contributed by atoms with E-state index in [0.29, 0.717) is 20.6 Å². The van der Waals surface area contributed by atoms with Gasteiger partial charge in [0.15, 0.2) is 4.80 Å². The lowest BCUT2D eigenvalue weighted by Crippen LogP contribution is -2.40. The predicted octanol–water partition coefficient (Wildman–Crippen LogP) is 3.30. The lowest BCUT2D eigenvalue weighted by atomic mass is 9.91. The zero-order valence-corrected chi connectivity index (χ0v) is 20.8. The number of carbonyl (C=O) groups excluding carboxylic acids is 1. The van der Waals surface area contributed by atoms with Gasteiger partial charge in [0.05, 0.1) is 35.6 Å². The number of benzene rings is 2. The highest BCUT2D eigenvalue weighted by molar-refractivity contribution is 7.07. The molecule has 0 fully saturated rings. The van der Waals surface area contributed by atoms with Gasteiger partial charge in [-0.3, -0.25) is 9.36 Å². The third-order valence-corrected chi connectivity index (χ3v) is 7.20. The summed E-state index contributed by atoms with van der Waals surface area (Å²) < 4.78 is 15.1. The van der Waals surface area contributed by atoms with E-state index in [1.165, 1.54) is 11.3 Å². The van der Waals surface area contributed by atoms with Crippen LogP contribution in [0.25, 0.3) is 16.8 Å². The molecule has 0 bridgehead atoms. The highest BCUT2D eigenvalue weighted by Crippen LogP contribution is 2.37. The normalized spacial score (nSPS) is 15.8.